The van der Waals surface area contributed by atoms with Gasteiger partial charge in [0, 0.05) is 6.20 Å². The van der Waals surface area contributed by atoms with Crippen molar-refractivity contribution in [3.63, 3.8) is 0 Å². The molecule has 1 atom stereocenters. The first-order chi connectivity index (χ1) is 10.7. The third kappa shape index (κ3) is 4.32. The maximum absolute atomic E-state index is 11.8. The van der Waals surface area contributed by atoms with E-state index in [0.29, 0.717) is 11.0 Å². The van der Waals surface area contributed by atoms with Crippen LogP contribution in [0.5, 0.6) is 0 Å². The van der Waals surface area contributed by atoms with E-state index in [0.717, 1.165) is 0 Å². The molecule has 2 heterocycles. The Bertz CT molecular complexity index is 738. The second-order valence-electron chi connectivity index (χ2n) is 5.91. The number of fused-ring (bicyclic) bond motifs is 1. The molecule has 1 amide bonds. The number of nitrogens with one attached hydrogen (secondary N) is 1. The number of rotatable bonds is 4. The van der Waals surface area contributed by atoms with Gasteiger partial charge in [-0.2, -0.15) is 0 Å². The van der Waals surface area contributed by atoms with Crippen LogP contribution >= 0.6 is 11.6 Å². The maximum Gasteiger partial charge on any atom is 0.408 e. The van der Waals surface area contributed by atoms with Gasteiger partial charge in [-0.05, 0) is 26.8 Å². The Morgan fingerprint density at radius 1 is 1.43 bits per heavy atom. The summed E-state index contributed by atoms with van der Waals surface area (Å²) < 4.78 is 6.66. The van der Waals surface area contributed by atoms with Crippen molar-refractivity contribution in [1.29, 1.82) is 0 Å². The van der Waals surface area contributed by atoms with Crippen LogP contribution in [0.2, 0.25) is 5.15 Å². The summed E-state index contributed by atoms with van der Waals surface area (Å²) >= 11 is 5.96. The number of nitrogens with zero attached hydrogens (tertiary/aromatic N) is 3. The lowest BCUT2D eigenvalue weighted by Gasteiger charge is -2.22. The Morgan fingerprint density at radius 3 is 2.74 bits per heavy atom. The van der Waals surface area contributed by atoms with E-state index in [-0.39, 0.29) is 11.7 Å². The number of halogens is 1. The predicted octanol–water partition coefficient (Wildman–Crippen LogP) is 2.06. The Kier molecular flexibility index (Phi) is 4.74. The van der Waals surface area contributed by atoms with Gasteiger partial charge in [-0.1, -0.05) is 11.6 Å². The van der Waals surface area contributed by atoms with E-state index in [9.17, 15) is 14.7 Å². The van der Waals surface area contributed by atoms with Crippen LogP contribution in [0.3, 0.4) is 0 Å². The minimum absolute atomic E-state index is 0.0224. The van der Waals surface area contributed by atoms with E-state index in [1.807, 2.05) is 0 Å². The predicted molar refractivity (Wildman–Crippen MR) is 83.3 cm³/mol. The first-order valence-corrected chi connectivity index (χ1v) is 7.23. The molecule has 9 heteroatoms. The second kappa shape index (κ2) is 6.41. The summed E-state index contributed by atoms with van der Waals surface area (Å²) in [6.45, 7) is 5.06. The second-order valence-corrected chi connectivity index (χ2v) is 6.26. The highest BCUT2D eigenvalue weighted by atomic mass is 35.5. The van der Waals surface area contributed by atoms with E-state index < -0.39 is 23.7 Å². The van der Waals surface area contributed by atoms with Gasteiger partial charge in [0.15, 0.2) is 0 Å². The molecule has 1 unspecified atom stereocenters. The summed E-state index contributed by atoms with van der Waals surface area (Å²) in [5.41, 5.74) is -0.226. The quantitative estimate of drug-likeness (QED) is 0.825. The van der Waals surface area contributed by atoms with Crippen molar-refractivity contribution in [1.82, 2.24) is 19.9 Å². The van der Waals surface area contributed by atoms with Crippen LogP contribution in [-0.2, 0) is 16.1 Å². The van der Waals surface area contributed by atoms with E-state index in [1.165, 1.54) is 6.33 Å². The van der Waals surface area contributed by atoms with Crippen LogP contribution in [0, 0.1) is 0 Å². The highest BCUT2D eigenvalue weighted by molar-refractivity contribution is 6.33. The average Bonchev–Trinajstić information content (AvgIpc) is 2.80. The molecule has 124 valence electrons. The summed E-state index contributed by atoms with van der Waals surface area (Å²) in [4.78, 5) is 31.1. The summed E-state index contributed by atoms with van der Waals surface area (Å²) in [6, 6.07) is 0.513. The fourth-order valence-electron chi connectivity index (χ4n) is 1.95. The summed E-state index contributed by atoms with van der Waals surface area (Å²) in [5, 5.41) is 12.5. The van der Waals surface area contributed by atoms with Crippen LogP contribution in [0.25, 0.3) is 11.0 Å². The monoisotopic (exact) mass is 340 g/mol. The van der Waals surface area contributed by atoms with Crippen molar-refractivity contribution >= 4 is 34.7 Å². The number of aliphatic carboxylic acids is 1. The van der Waals surface area contributed by atoms with Gasteiger partial charge in [-0.3, -0.25) is 0 Å². The van der Waals surface area contributed by atoms with Crippen molar-refractivity contribution in [2.75, 3.05) is 0 Å². The minimum Gasteiger partial charge on any atom is -0.480 e. The van der Waals surface area contributed by atoms with E-state index in [4.69, 9.17) is 16.3 Å². The smallest absolute Gasteiger partial charge is 0.408 e. The topological polar surface area (TPSA) is 106 Å². The maximum atomic E-state index is 11.8. The fraction of sp³-hybridized carbons (Fsp3) is 0.429. The van der Waals surface area contributed by atoms with E-state index >= 15 is 0 Å². The number of carbonyl (C=O) groups is 2. The van der Waals surface area contributed by atoms with Crippen LogP contribution < -0.4 is 5.32 Å². The lowest BCUT2D eigenvalue weighted by molar-refractivity contribution is -0.139. The molecule has 2 aromatic heterocycles. The van der Waals surface area contributed by atoms with Crippen molar-refractivity contribution in [3.05, 3.63) is 23.7 Å². The Balaban J connectivity index is 2.17. The van der Waals surface area contributed by atoms with E-state index in [1.54, 1.807) is 37.6 Å². The molecule has 2 rings (SSSR count). The molecule has 0 fully saturated rings. The molecule has 2 aromatic rings. The number of hydrogen-bond donors (Lipinski definition) is 2. The number of amides is 1. The third-order valence-corrected chi connectivity index (χ3v) is 3.18. The number of hydrogen-bond acceptors (Lipinski definition) is 5. The van der Waals surface area contributed by atoms with Crippen molar-refractivity contribution in [3.8, 4) is 0 Å². The summed E-state index contributed by atoms with van der Waals surface area (Å²) in [7, 11) is 0. The standard InChI is InChI=1S/C14H17ClN4O4/c1-14(2,3)23-13(22)18-9(12(20)21)6-19-5-4-8-10(15)16-7-17-11(8)19/h4-5,7,9H,6H2,1-3H3,(H,18,22)(H,20,21). The molecular formula is C14H17ClN4O4. The van der Waals surface area contributed by atoms with Crippen LogP contribution in [0.15, 0.2) is 18.6 Å². The highest BCUT2D eigenvalue weighted by Gasteiger charge is 2.25. The molecular weight excluding hydrogens is 324 g/mol. The van der Waals surface area contributed by atoms with Crippen molar-refractivity contribution < 1.29 is 19.4 Å². The van der Waals surface area contributed by atoms with Gasteiger partial charge < -0.3 is 19.7 Å². The molecule has 0 bridgehead atoms. The first kappa shape index (κ1) is 17.0. The van der Waals surface area contributed by atoms with Gasteiger partial charge in [0.2, 0.25) is 0 Å². The number of ether oxygens (including phenoxy) is 1. The van der Waals surface area contributed by atoms with Gasteiger partial charge in [-0.25, -0.2) is 19.6 Å². The molecule has 0 aromatic carbocycles. The molecule has 0 spiro atoms. The normalized spacial score (nSPS) is 12.9. The summed E-state index contributed by atoms with van der Waals surface area (Å²) in [5.74, 6) is -1.18. The molecule has 0 aliphatic carbocycles. The molecule has 0 aliphatic rings. The van der Waals surface area contributed by atoms with Gasteiger partial charge in [0.05, 0.1) is 11.9 Å². The number of carboxylic acid groups (broad SMARTS) is 1. The summed E-state index contributed by atoms with van der Waals surface area (Å²) in [6.07, 6.45) is 2.13. The number of alkyl carbamates (subject to hydrolysis) is 1. The molecule has 2 N–H and O–H groups in total. The van der Waals surface area contributed by atoms with Crippen molar-refractivity contribution in [2.45, 2.75) is 39.0 Å². The highest BCUT2D eigenvalue weighted by Crippen LogP contribution is 2.20. The molecule has 8 nitrogen and oxygen atoms in total. The van der Waals surface area contributed by atoms with Crippen LogP contribution in [0.4, 0.5) is 4.79 Å². The zero-order valence-corrected chi connectivity index (χ0v) is 13.7. The SMILES string of the molecule is CC(C)(C)OC(=O)NC(Cn1ccc2c(Cl)ncnc21)C(=O)O. The van der Waals surface area contributed by atoms with Crippen molar-refractivity contribution in [2.24, 2.45) is 0 Å². The number of carbonyl (C=O) groups excluding carboxylic acids is 1. The zero-order valence-electron chi connectivity index (χ0n) is 12.9. The van der Waals surface area contributed by atoms with Gasteiger partial charge in [0.1, 0.15) is 28.8 Å². The lowest BCUT2D eigenvalue weighted by atomic mass is 10.2. The van der Waals surface area contributed by atoms with Gasteiger partial charge in [0.25, 0.3) is 0 Å². The van der Waals surface area contributed by atoms with E-state index in [2.05, 4.69) is 15.3 Å². The molecule has 0 saturated carbocycles. The molecule has 0 saturated heterocycles. The Morgan fingerprint density at radius 2 is 2.13 bits per heavy atom. The minimum atomic E-state index is -1.18. The van der Waals surface area contributed by atoms with Gasteiger partial charge in [-0.15, -0.1) is 0 Å². The number of carboxylic acids is 1. The molecule has 0 aliphatic heterocycles. The Labute approximate surface area is 137 Å². The largest absolute Gasteiger partial charge is 0.480 e. The molecule has 23 heavy (non-hydrogen) atoms. The molecule has 0 radical (unpaired) electrons. The zero-order chi connectivity index (χ0) is 17.2. The third-order valence-electron chi connectivity index (χ3n) is 2.88. The van der Waals surface area contributed by atoms with Crippen LogP contribution in [0.1, 0.15) is 20.8 Å². The van der Waals surface area contributed by atoms with Gasteiger partial charge >= 0.3 is 12.1 Å². The van der Waals surface area contributed by atoms with Crippen LogP contribution in [-0.4, -0.2) is 43.3 Å². The Hall–Kier alpha value is -2.35. The average molecular weight is 341 g/mol. The fourth-order valence-corrected chi connectivity index (χ4v) is 2.14. The first-order valence-electron chi connectivity index (χ1n) is 6.85. The lowest BCUT2D eigenvalue weighted by Crippen LogP contribution is -2.45. The number of aromatic nitrogens is 3.